The van der Waals surface area contributed by atoms with Crippen molar-refractivity contribution in [1.29, 1.82) is 0 Å². The Morgan fingerprint density at radius 1 is 0.483 bits per heavy atom. The van der Waals surface area contributed by atoms with Crippen molar-refractivity contribution in [3.8, 4) is 74.5 Å². The molecule has 9 N–H and O–H groups in total. The maximum atomic E-state index is 10.1. The van der Waals surface area contributed by atoms with Crippen molar-refractivity contribution in [3.05, 3.63) is 10.8 Å². The number of nitrogens with zero attached hydrogens (tertiary/aromatic N) is 3. The van der Waals surface area contributed by atoms with E-state index >= 15 is 0 Å². The van der Waals surface area contributed by atoms with Crippen LogP contribution in [0, 0.1) is 6.92 Å². The molecular formula is C16H12ClN3O9. The maximum absolute atomic E-state index is 10.1. The molecule has 0 fully saturated rings. The summed E-state index contributed by atoms with van der Waals surface area (Å²) in [6.45, 7) is 1.24. The van der Waals surface area contributed by atoms with Crippen molar-refractivity contribution in [2.24, 2.45) is 0 Å². The molecule has 12 nitrogen and oxygen atoms in total. The van der Waals surface area contributed by atoms with Gasteiger partial charge in [0.05, 0.1) is 5.56 Å². The molecule has 2 aromatic carbocycles. The van der Waals surface area contributed by atoms with Gasteiger partial charge in [-0.25, -0.2) is 4.98 Å². The summed E-state index contributed by atoms with van der Waals surface area (Å²) in [5, 5.41) is 87.8. The molecule has 0 saturated carbocycles. The van der Waals surface area contributed by atoms with Gasteiger partial charge in [0.1, 0.15) is 5.56 Å². The quantitative estimate of drug-likeness (QED) is 0.210. The van der Waals surface area contributed by atoms with Gasteiger partial charge in [0.15, 0.2) is 34.6 Å². The average molecular weight is 426 g/mol. The van der Waals surface area contributed by atoms with Gasteiger partial charge in [-0.15, -0.1) is 0 Å². The number of rotatable bonds is 2. The fourth-order valence-corrected chi connectivity index (χ4v) is 2.72. The average Bonchev–Trinajstić information content (AvgIpc) is 2.67. The summed E-state index contributed by atoms with van der Waals surface area (Å²) in [5.41, 5.74) is -1.29. The summed E-state index contributed by atoms with van der Waals surface area (Å²) in [6, 6.07) is 0. The lowest BCUT2D eigenvalue weighted by Crippen LogP contribution is -2.00. The topological polar surface area (TPSA) is 221 Å². The molecule has 29 heavy (non-hydrogen) atoms. The number of hydrogen-bond acceptors (Lipinski definition) is 12. The van der Waals surface area contributed by atoms with Gasteiger partial charge in [-0.3, -0.25) is 0 Å². The predicted octanol–water partition coefficient (Wildman–Crippen LogP) is 1.52. The van der Waals surface area contributed by atoms with E-state index in [4.69, 9.17) is 11.6 Å². The van der Waals surface area contributed by atoms with E-state index in [1.54, 1.807) is 0 Å². The largest absolute Gasteiger partial charge is 0.504 e. The lowest BCUT2D eigenvalue weighted by atomic mass is 10.0. The van der Waals surface area contributed by atoms with Crippen molar-refractivity contribution in [2.45, 2.75) is 6.92 Å². The molecule has 13 heteroatoms. The Bertz CT molecular complexity index is 1040. The number of aromatic hydroxyl groups is 9. The van der Waals surface area contributed by atoms with Crippen molar-refractivity contribution in [3.63, 3.8) is 0 Å². The van der Waals surface area contributed by atoms with Crippen LogP contribution in [0.1, 0.15) is 5.56 Å². The monoisotopic (exact) mass is 425 g/mol. The summed E-state index contributed by atoms with van der Waals surface area (Å²) < 4.78 is 0. The second-order valence-electron chi connectivity index (χ2n) is 5.76. The summed E-state index contributed by atoms with van der Waals surface area (Å²) in [7, 11) is 0. The van der Waals surface area contributed by atoms with E-state index in [1.807, 2.05) is 0 Å². The molecule has 0 spiro atoms. The van der Waals surface area contributed by atoms with Crippen LogP contribution in [0.5, 0.6) is 51.7 Å². The van der Waals surface area contributed by atoms with Crippen molar-refractivity contribution >= 4 is 11.6 Å². The molecule has 0 aliphatic carbocycles. The van der Waals surface area contributed by atoms with E-state index in [0.717, 1.165) is 0 Å². The zero-order valence-corrected chi connectivity index (χ0v) is 15.0. The normalized spacial score (nSPS) is 11.0. The van der Waals surface area contributed by atoms with E-state index in [0.29, 0.717) is 0 Å². The van der Waals surface area contributed by atoms with E-state index < -0.39 is 74.2 Å². The molecule has 0 aliphatic heterocycles. The van der Waals surface area contributed by atoms with E-state index in [2.05, 4.69) is 15.0 Å². The molecule has 0 unspecified atom stereocenters. The Balaban J connectivity index is 2.37. The molecule has 3 aromatic rings. The van der Waals surface area contributed by atoms with Gasteiger partial charge in [-0.05, 0) is 18.5 Å². The first-order chi connectivity index (χ1) is 13.5. The molecule has 0 amide bonds. The third kappa shape index (κ3) is 2.82. The Hall–Kier alpha value is -4.06. The minimum atomic E-state index is -1.20. The van der Waals surface area contributed by atoms with Crippen LogP contribution >= 0.6 is 11.6 Å². The number of benzene rings is 2. The van der Waals surface area contributed by atoms with Gasteiger partial charge < -0.3 is 46.0 Å². The van der Waals surface area contributed by atoms with Crippen LogP contribution in [0.15, 0.2) is 0 Å². The minimum Gasteiger partial charge on any atom is -0.504 e. The SMILES string of the molecule is Cc1c(O)c(O)c(O)c(O)c1-c1nc(Cl)nc(-c2c(O)c(O)c(O)c(O)c2O)n1. The smallest absolute Gasteiger partial charge is 0.226 e. The highest BCUT2D eigenvalue weighted by Crippen LogP contribution is 2.55. The van der Waals surface area contributed by atoms with Gasteiger partial charge in [-0.2, -0.15) is 9.97 Å². The Morgan fingerprint density at radius 3 is 1.31 bits per heavy atom. The third-order valence-corrected chi connectivity index (χ3v) is 4.24. The number of phenolic OH excluding ortho intramolecular Hbond substituents is 9. The Labute approximate surface area is 165 Å². The molecule has 3 rings (SSSR count). The second-order valence-corrected chi connectivity index (χ2v) is 6.10. The van der Waals surface area contributed by atoms with Crippen LogP contribution in [0.25, 0.3) is 22.8 Å². The number of hydrogen-bond donors (Lipinski definition) is 9. The zero-order valence-electron chi connectivity index (χ0n) is 14.2. The lowest BCUT2D eigenvalue weighted by molar-refractivity contribution is 0.329. The first-order valence-corrected chi connectivity index (χ1v) is 7.92. The molecule has 0 aliphatic rings. The minimum absolute atomic E-state index is 0.170. The summed E-state index contributed by atoms with van der Waals surface area (Å²) >= 11 is 5.82. The zero-order chi connectivity index (χ0) is 21.8. The number of halogens is 1. The van der Waals surface area contributed by atoms with Crippen molar-refractivity contribution in [1.82, 2.24) is 15.0 Å². The third-order valence-electron chi connectivity index (χ3n) is 4.07. The fraction of sp³-hybridized carbons (Fsp3) is 0.0625. The van der Waals surface area contributed by atoms with Crippen LogP contribution in [-0.4, -0.2) is 60.9 Å². The molecular weight excluding hydrogens is 414 g/mol. The van der Waals surface area contributed by atoms with Crippen LogP contribution < -0.4 is 0 Å². The summed E-state index contributed by atoms with van der Waals surface area (Å²) in [4.78, 5) is 11.2. The fourth-order valence-electron chi connectivity index (χ4n) is 2.56. The van der Waals surface area contributed by atoms with Crippen LogP contribution in [0.3, 0.4) is 0 Å². The highest BCUT2D eigenvalue weighted by molar-refractivity contribution is 6.28. The lowest BCUT2D eigenvalue weighted by Gasteiger charge is -2.14. The van der Waals surface area contributed by atoms with Gasteiger partial charge in [0.25, 0.3) is 0 Å². The molecule has 0 atom stereocenters. The predicted molar refractivity (Wildman–Crippen MR) is 95.4 cm³/mol. The highest BCUT2D eigenvalue weighted by Gasteiger charge is 2.29. The molecule has 152 valence electrons. The van der Waals surface area contributed by atoms with E-state index in [9.17, 15) is 46.0 Å². The van der Waals surface area contributed by atoms with E-state index in [1.165, 1.54) is 6.92 Å². The molecule has 0 saturated heterocycles. The molecule has 1 heterocycles. The van der Waals surface area contributed by atoms with E-state index in [-0.39, 0.29) is 11.1 Å². The highest BCUT2D eigenvalue weighted by atomic mass is 35.5. The maximum Gasteiger partial charge on any atom is 0.226 e. The van der Waals surface area contributed by atoms with Crippen molar-refractivity contribution in [2.75, 3.05) is 0 Å². The summed E-state index contributed by atoms with van der Waals surface area (Å²) in [5.74, 6) is -10.7. The molecule has 0 radical (unpaired) electrons. The van der Waals surface area contributed by atoms with Crippen LogP contribution in [0.4, 0.5) is 0 Å². The molecule has 0 bridgehead atoms. The van der Waals surface area contributed by atoms with Gasteiger partial charge in [0.2, 0.25) is 34.0 Å². The first kappa shape index (κ1) is 19.7. The molecule has 1 aromatic heterocycles. The number of aromatic nitrogens is 3. The second kappa shape index (κ2) is 6.53. The Morgan fingerprint density at radius 2 is 0.828 bits per heavy atom. The van der Waals surface area contributed by atoms with Crippen molar-refractivity contribution < 1.29 is 46.0 Å². The summed E-state index contributed by atoms with van der Waals surface area (Å²) in [6.07, 6.45) is 0. The number of phenols is 9. The van der Waals surface area contributed by atoms with Gasteiger partial charge in [-0.1, -0.05) is 0 Å². The van der Waals surface area contributed by atoms with Gasteiger partial charge in [0, 0.05) is 5.56 Å². The first-order valence-electron chi connectivity index (χ1n) is 7.54. The van der Waals surface area contributed by atoms with Crippen LogP contribution in [-0.2, 0) is 0 Å². The standard InChI is InChI=1S/C16H12ClN3O9/c1-2-3(6(22)10(26)9(25)5(2)21)14-18-15(20-16(17)19-14)4-7(23)11(27)13(29)12(28)8(4)24/h21-29H,1H3. The Kier molecular flexibility index (Phi) is 4.43. The van der Waals surface area contributed by atoms with Crippen LogP contribution in [0.2, 0.25) is 5.28 Å². The van der Waals surface area contributed by atoms with Gasteiger partial charge >= 0.3 is 0 Å².